The number of benzene rings is 1. The van der Waals surface area contributed by atoms with Crippen molar-refractivity contribution in [2.24, 2.45) is 0 Å². The summed E-state index contributed by atoms with van der Waals surface area (Å²) in [5.41, 5.74) is 0.344. The summed E-state index contributed by atoms with van der Waals surface area (Å²) in [4.78, 5) is 14.2. The Morgan fingerprint density at radius 3 is 3.00 bits per heavy atom. The Labute approximate surface area is 107 Å². The number of aromatic nitrogens is 2. The molecule has 0 spiro atoms. The average molecular weight is 269 g/mol. The van der Waals surface area contributed by atoms with Crippen LogP contribution in [-0.4, -0.2) is 21.6 Å². The van der Waals surface area contributed by atoms with Crippen molar-refractivity contribution in [3.63, 3.8) is 0 Å². The van der Waals surface area contributed by atoms with Gasteiger partial charge in [0.05, 0.1) is 4.92 Å². The zero-order chi connectivity index (χ0) is 13.0. The second kappa shape index (κ2) is 5.46. The summed E-state index contributed by atoms with van der Waals surface area (Å²) < 4.78 is 4.81. The van der Waals surface area contributed by atoms with Gasteiger partial charge in [-0.15, -0.1) is 0 Å². The predicted molar refractivity (Wildman–Crippen MR) is 64.6 cm³/mol. The summed E-state index contributed by atoms with van der Waals surface area (Å²) in [5, 5.41) is 17.6. The van der Waals surface area contributed by atoms with Gasteiger partial charge in [0.2, 0.25) is 5.89 Å². The number of nitrogens with one attached hydrogen (secondary N) is 1. The molecule has 0 aliphatic rings. The number of nitrogens with zero attached hydrogens (tertiary/aromatic N) is 3. The lowest BCUT2D eigenvalue weighted by Gasteiger charge is -2.05. The third-order valence-electron chi connectivity index (χ3n) is 2.22. The van der Waals surface area contributed by atoms with Crippen LogP contribution in [0.4, 0.5) is 11.4 Å². The second-order valence-corrected chi connectivity index (χ2v) is 3.87. The molecule has 94 valence electrons. The van der Waals surface area contributed by atoms with Gasteiger partial charge >= 0.3 is 0 Å². The van der Waals surface area contributed by atoms with Crippen LogP contribution in [0.5, 0.6) is 0 Å². The van der Waals surface area contributed by atoms with Gasteiger partial charge in [0, 0.05) is 24.1 Å². The Bertz CT molecular complexity index is 544. The van der Waals surface area contributed by atoms with Crippen molar-refractivity contribution in [3.8, 4) is 0 Å². The van der Waals surface area contributed by atoms with Gasteiger partial charge < -0.3 is 9.84 Å². The molecule has 0 aliphatic carbocycles. The largest absolute Gasteiger partial charge is 0.379 e. The number of anilines is 1. The predicted octanol–water partition coefficient (Wildman–Crippen LogP) is 2.29. The van der Waals surface area contributed by atoms with Crippen molar-refractivity contribution in [2.75, 3.05) is 11.9 Å². The normalized spacial score (nSPS) is 10.3. The third-order valence-corrected chi connectivity index (χ3v) is 2.45. The maximum atomic E-state index is 10.8. The highest BCUT2D eigenvalue weighted by Gasteiger charge is 2.13. The molecule has 0 atom stereocenters. The van der Waals surface area contributed by atoms with E-state index in [0.717, 1.165) is 0 Å². The second-order valence-electron chi connectivity index (χ2n) is 3.43. The molecule has 7 nitrogen and oxygen atoms in total. The van der Waals surface area contributed by atoms with Crippen molar-refractivity contribution in [1.29, 1.82) is 0 Å². The Balaban J connectivity index is 2.02. The first-order valence-electron chi connectivity index (χ1n) is 5.10. The molecule has 0 unspecified atom stereocenters. The van der Waals surface area contributed by atoms with E-state index in [9.17, 15) is 10.1 Å². The molecule has 1 N–H and O–H groups in total. The fraction of sp³-hybridized carbons (Fsp3) is 0.200. The average Bonchev–Trinajstić information content (AvgIpc) is 2.84. The highest BCUT2D eigenvalue weighted by Crippen LogP contribution is 2.27. The van der Waals surface area contributed by atoms with Crippen molar-refractivity contribution in [2.45, 2.75) is 6.42 Å². The number of nitro groups is 1. The van der Waals surface area contributed by atoms with E-state index in [1.165, 1.54) is 12.4 Å². The number of hydrogen-bond acceptors (Lipinski definition) is 6. The SMILES string of the molecule is O=[N+]([O-])c1cc(Cl)ccc1NCCc1ncno1. The molecule has 0 saturated carbocycles. The van der Waals surface area contributed by atoms with E-state index in [1.54, 1.807) is 12.1 Å². The Morgan fingerprint density at radius 2 is 2.33 bits per heavy atom. The maximum absolute atomic E-state index is 10.8. The minimum atomic E-state index is -0.485. The molecule has 0 bridgehead atoms. The van der Waals surface area contributed by atoms with Gasteiger partial charge in [0.1, 0.15) is 5.69 Å². The summed E-state index contributed by atoms with van der Waals surface area (Å²) in [5.74, 6) is 0.471. The number of nitro benzene ring substituents is 1. The van der Waals surface area contributed by atoms with E-state index >= 15 is 0 Å². The monoisotopic (exact) mass is 268 g/mol. The Morgan fingerprint density at radius 1 is 1.50 bits per heavy atom. The number of hydrogen-bond donors (Lipinski definition) is 1. The number of halogens is 1. The first kappa shape index (κ1) is 12.3. The van der Waals surface area contributed by atoms with Crippen LogP contribution in [0, 0.1) is 10.1 Å². The first-order chi connectivity index (χ1) is 8.66. The van der Waals surface area contributed by atoms with E-state index in [2.05, 4.69) is 15.5 Å². The smallest absolute Gasteiger partial charge is 0.293 e. The van der Waals surface area contributed by atoms with Crippen LogP contribution in [0.1, 0.15) is 5.89 Å². The van der Waals surface area contributed by atoms with Crippen LogP contribution in [0.25, 0.3) is 0 Å². The highest BCUT2D eigenvalue weighted by atomic mass is 35.5. The molecule has 0 fully saturated rings. The molecule has 0 aliphatic heterocycles. The number of rotatable bonds is 5. The molecule has 1 aromatic heterocycles. The minimum Gasteiger partial charge on any atom is -0.379 e. The van der Waals surface area contributed by atoms with Gasteiger partial charge in [0.25, 0.3) is 5.69 Å². The molecular weight excluding hydrogens is 260 g/mol. The van der Waals surface area contributed by atoms with E-state index < -0.39 is 4.92 Å². The van der Waals surface area contributed by atoms with Gasteiger partial charge in [0.15, 0.2) is 6.33 Å². The molecule has 8 heteroatoms. The van der Waals surface area contributed by atoms with E-state index in [-0.39, 0.29) is 5.69 Å². The molecule has 0 saturated heterocycles. The summed E-state index contributed by atoms with van der Waals surface area (Å²) in [7, 11) is 0. The summed E-state index contributed by atoms with van der Waals surface area (Å²) in [6.07, 6.45) is 1.79. The van der Waals surface area contributed by atoms with Crippen molar-refractivity contribution >= 4 is 23.0 Å². The molecule has 1 heterocycles. The molecule has 0 radical (unpaired) electrons. The Kier molecular flexibility index (Phi) is 3.73. The molecule has 0 amide bonds. The summed E-state index contributed by atoms with van der Waals surface area (Å²) in [6.45, 7) is 0.449. The lowest BCUT2D eigenvalue weighted by Crippen LogP contribution is -2.07. The topological polar surface area (TPSA) is 94.1 Å². The van der Waals surface area contributed by atoms with Gasteiger partial charge in [-0.05, 0) is 12.1 Å². The van der Waals surface area contributed by atoms with E-state index in [0.29, 0.717) is 29.6 Å². The lowest BCUT2D eigenvalue weighted by atomic mass is 10.2. The van der Waals surface area contributed by atoms with Crippen LogP contribution in [0.15, 0.2) is 29.0 Å². The molecule has 2 rings (SSSR count). The van der Waals surface area contributed by atoms with Crippen LogP contribution >= 0.6 is 11.6 Å². The van der Waals surface area contributed by atoms with Gasteiger partial charge in [-0.2, -0.15) is 4.98 Å². The fourth-order valence-corrected chi connectivity index (χ4v) is 1.58. The zero-order valence-corrected chi connectivity index (χ0v) is 9.92. The van der Waals surface area contributed by atoms with Gasteiger partial charge in [-0.25, -0.2) is 0 Å². The zero-order valence-electron chi connectivity index (χ0n) is 9.17. The van der Waals surface area contributed by atoms with Crippen molar-refractivity contribution < 1.29 is 9.45 Å². The van der Waals surface area contributed by atoms with Crippen molar-refractivity contribution in [1.82, 2.24) is 10.1 Å². The molecular formula is C10H9ClN4O3. The third kappa shape index (κ3) is 2.95. The minimum absolute atomic E-state index is 0.0620. The van der Waals surface area contributed by atoms with Crippen LogP contribution in [-0.2, 0) is 6.42 Å². The Hall–Kier alpha value is -2.15. The van der Waals surface area contributed by atoms with Gasteiger partial charge in [-0.1, -0.05) is 16.8 Å². The summed E-state index contributed by atoms with van der Waals surface area (Å²) in [6, 6.07) is 4.45. The van der Waals surface area contributed by atoms with Gasteiger partial charge in [-0.3, -0.25) is 10.1 Å². The van der Waals surface area contributed by atoms with Crippen molar-refractivity contribution in [3.05, 3.63) is 45.6 Å². The fourth-order valence-electron chi connectivity index (χ4n) is 1.42. The molecule has 2 aromatic rings. The lowest BCUT2D eigenvalue weighted by molar-refractivity contribution is -0.383. The first-order valence-corrected chi connectivity index (χ1v) is 5.48. The maximum Gasteiger partial charge on any atom is 0.293 e. The standard InChI is InChI=1S/C10H9ClN4O3/c11-7-1-2-8(9(5-7)15(16)17)12-4-3-10-13-6-14-18-10/h1-2,5-6,12H,3-4H2. The molecule has 1 aromatic carbocycles. The molecule has 18 heavy (non-hydrogen) atoms. The highest BCUT2D eigenvalue weighted by molar-refractivity contribution is 6.30. The van der Waals surface area contributed by atoms with E-state index in [1.807, 2.05) is 0 Å². The van der Waals surface area contributed by atoms with E-state index in [4.69, 9.17) is 16.1 Å². The van der Waals surface area contributed by atoms with Crippen LogP contribution < -0.4 is 5.32 Å². The van der Waals surface area contributed by atoms with Crippen LogP contribution in [0.3, 0.4) is 0 Å². The summed E-state index contributed by atoms with van der Waals surface area (Å²) >= 11 is 5.71. The van der Waals surface area contributed by atoms with Crippen LogP contribution in [0.2, 0.25) is 5.02 Å². The quantitative estimate of drug-likeness (QED) is 0.660.